The molecule has 1 N–H and O–H groups in total. The van der Waals surface area contributed by atoms with Gasteiger partial charge >= 0.3 is 0 Å². The van der Waals surface area contributed by atoms with Crippen LogP contribution in [0.4, 0.5) is 5.69 Å². The SMILES string of the molecule is O=C(CSC1=NC2(CCCCCC2)N=C1c1ccc(Cl)c(Cl)c1)Nc1ccc(Cl)cc1. The molecule has 31 heavy (non-hydrogen) atoms. The number of halogens is 3. The van der Waals surface area contributed by atoms with Crippen molar-refractivity contribution < 1.29 is 4.79 Å². The van der Waals surface area contributed by atoms with E-state index < -0.39 is 5.66 Å². The zero-order valence-corrected chi connectivity index (χ0v) is 19.9. The number of nitrogens with one attached hydrogen (secondary N) is 1. The van der Waals surface area contributed by atoms with Gasteiger partial charge in [0.15, 0.2) is 5.66 Å². The van der Waals surface area contributed by atoms with E-state index in [1.54, 1.807) is 30.3 Å². The molecule has 1 spiro atoms. The Labute approximate surface area is 201 Å². The summed E-state index contributed by atoms with van der Waals surface area (Å²) in [6.45, 7) is 0. The monoisotopic (exact) mass is 493 g/mol. The molecule has 0 bridgehead atoms. The van der Waals surface area contributed by atoms with E-state index in [2.05, 4.69) is 5.32 Å². The van der Waals surface area contributed by atoms with E-state index in [4.69, 9.17) is 44.8 Å². The lowest BCUT2D eigenvalue weighted by Gasteiger charge is -2.20. The lowest BCUT2D eigenvalue weighted by molar-refractivity contribution is -0.113. The van der Waals surface area contributed by atoms with Crippen molar-refractivity contribution in [1.29, 1.82) is 0 Å². The second kappa shape index (κ2) is 9.95. The van der Waals surface area contributed by atoms with E-state index in [1.807, 2.05) is 12.1 Å². The number of carbonyl (C=O) groups is 1. The maximum atomic E-state index is 12.5. The molecule has 0 saturated heterocycles. The molecule has 8 heteroatoms. The number of hydrogen-bond donors (Lipinski definition) is 1. The molecule has 1 aliphatic heterocycles. The lowest BCUT2D eigenvalue weighted by atomic mass is 10.0. The van der Waals surface area contributed by atoms with Gasteiger partial charge in [-0.25, -0.2) is 4.99 Å². The van der Waals surface area contributed by atoms with E-state index in [0.29, 0.717) is 20.8 Å². The molecule has 2 aromatic carbocycles. The first-order valence-corrected chi connectivity index (χ1v) is 12.4. The molecule has 2 aromatic rings. The normalized spacial score (nSPS) is 17.8. The average molecular weight is 495 g/mol. The van der Waals surface area contributed by atoms with Gasteiger partial charge in [0.2, 0.25) is 5.91 Å². The third kappa shape index (κ3) is 5.64. The molecule has 4 nitrogen and oxygen atoms in total. The summed E-state index contributed by atoms with van der Waals surface area (Å²) in [5.41, 5.74) is 1.96. The standard InChI is InChI=1S/C23H22Cl3N3OS/c24-16-6-8-17(9-7-16)27-20(30)14-31-22-21(15-5-10-18(25)19(26)13-15)28-23(29-22)11-3-1-2-4-12-23/h5-10,13H,1-4,11-12,14H2,(H,27,30). The first-order chi connectivity index (χ1) is 14.9. The predicted molar refractivity (Wildman–Crippen MR) is 133 cm³/mol. The number of hydrogen-bond acceptors (Lipinski definition) is 4. The van der Waals surface area contributed by atoms with E-state index in [0.717, 1.165) is 42.0 Å². The van der Waals surface area contributed by atoms with Crippen LogP contribution in [-0.4, -0.2) is 28.1 Å². The number of nitrogens with zero attached hydrogens (tertiary/aromatic N) is 2. The van der Waals surface area contributed by atoms with Crippen molar-refractivity contribution in [1.82, 2.24) is 0 Å². The highest BCUT2D eigenvalue weighted by Crippen LogP contribution is 2.38. The maximum absolute atomic E-state index is 12.5. The van der Waals surface area contributed by atoms with Gasteiger partial charge in [0, 0.05) is 16.3 Å². The average Bonchev–Trinajstić information content (AvgIpc) is 2.95. The molecular weight excluding hydrogens is 473 g/mol. The Hall–Kier alpha value is -1.53. The molecule has 1 aliphatic carbocycles. The fourth-order valence-electron chi connectivity index (χ4n) is 3.84. The summed E-state index contributed by atoms with van der Waals surface area (Å²) >= 11 is 19.7. The Kier molecular flexibility index (Phi) is 7.27. The fraction of sp³-hybridized carbons (Fsp3) is 0.348. The molecule has 1 heterocycles. The number of anilines is 1. The number of amides is 1. The Morgan fingerprint density at radius 2 is 1.65 bits per heavy atom. The van der Waals surface area contributed by atoms with Gasteiger partial charge in [0.05, 0.1) is 21.5 Å². The molecule has 4 rings (SSSR count). The molecule has 2 aliphatic rings. The van der Waals surface area contributed by atoms with Crippen LogP contribution in [0.3, 0.4) is 0 Å². The van der Waals surface area contributed by atoms with E-state index >= 15 is 0 Å². The second-order valence-electron chi connectivity index (χ2n) is 7.75. The number of benzene rings is 2. The van der Waals surface area contributed by atoms with E-state index in [1.165, 1.54) is 24.6 Å². The van der Waals surface area contributed by atoms with Gasteiger partial charge in [0.25, 0.3) is 0 Å². The summed E-state index contributed by atoms with van der Waals surface area (Å²) in [7, 11) is 0. The summed E-state index contributed by atoms with van der Waals surface area (Å²) < 4.78 is 0. The van der Waals surface area contributed by atoms with Gasteiger partial charge < -0.3 is 5.32 Å². The van der Waals surface area contributed by atoms with Gasteiger partial charge in [-0.15, -0.1) is 0 Å². The molecule has 0 radical (unpaired) electrons. The topological polar surface area (TPSA) is 53.8 Å². The molecular formula is C23H22Cl3N3OS. The number of aliphatic imine (C=N–C) groups is 2. The minimum absolute atomic E-state index is 0.106. The van der Waals surface area contributed by atoms with Crippen LogP contribution in [-0.2, 0) is 4.79 Å². The highest BCUT2D eigenvalue weighted by molar-refractivity contribution is 8.16. The summed E-state index contributed by atoms with van der Waals surface area (Å²) in [5, 5.41) is 5.29. The Morgan fingerprint density at radius 1 is 0.935 bits per heavy atom. The van der Waals surface area contributed by atoms with Crippen molar-refractivity contribution in [2.24, 2.45) is 9.98 Å². The second-order valence-corrected chi connectivity index (χ2v) is 9.96. The zero-order valence-electron chi connectivity index (χ0n) is 16.8. The molecule has 0 atom stereocenters. The van der Waals surface area contributed by atoms with Crippen LogP contribution in [0.15, 0.2) is 52.4 Å². The van der Waals surface area contributed by atoms with Crippen molar-refractivity contribution in [3.05, 3.63) is 63.1 Å². The van der Waals surface area contributed by atoms with Crippen LogP contribution in [0.1, 0.15) is 44.1 Å². The van der Waals surface area contributed by atoms with Crippen molar-refractivity contribution >= 4 is 68.9 Å². The molecule has 162 valence electrons. The third-order valence-electron chi connectivity index (χ3n) is 5.40. The highest BCUT2D eigenvalue weighted by Gasteiger charge is 2.37. The summed E-state index contributed by atoms with van der Waals surface area (Å²) in [4.78, 5) is 22.6. The summed E-state index contributed by atoms with van der Waals surface area (Å²) in [6.07, 6.45) is 6.49. The Balaban J connectivity index is 1.53. The van der Waals surface area contributed by atoms with Gasteiger partial charge in [-0.05, 0) is 62.1 Å². The predicted octanol–water partition coefficient (Wildman–Crippen LogP) is 7.27. The quantitative estimate of drug-likeness (QED) is 0.486. The van der Waals surface area contributed by atoms with Crippen molar-refractivity contribution in [3.8, 4) is 0 Å². The largest absolute Gasteiger partial charge is 0.325 e. The summed E-state index contributed by atoms with van der Waals surface area (Å²) in [5.74, 6) is 0.128. The molecule has 0 unspecified atom stereocenters. The van der Waals surface area contributed by atoms with E-state index in [9.17, 15) is 4.79 Å². The lowest BCUT2D eigenvalue weighted by Crippen LogP contribution is -2.20. The van der Waals surface area contributed by atoms with Crippen molar-refractivity contribution in [2.75, 3.05) is 11.1 Å². The van der Waals surface area contributed by atoms with Gasteiger partial charge in [-0.3, -0.25) is 9.79 Å². The Bertz CT molecular complexity index is 1030. The molecule has 1 fully saturated rings. The minimum Gasteiger partial charge on any atom is -0.325 e. The van der Waals surface area contributed by atoms with Gasteiger partial charge in [0.1, 0.15) is 5.04 Å². The van der Waals surface area contributed by atoms with Crippen LogP contribution in [0.5, 0.6) is 0 Å². The Morgan fingerprint density at radius 3 is 2.32 bits per heavy atom. The number of rotatable bonds is 4. The van der Waals surface area contributed by atoms with Crippen LogP contribution in [0.25, 0.3) is 0 Å². The van der Waals surface area contributed by atoms with Crippen LogP contribution >= 0.6 is 46.6 Å². The molecule has 1 saturated carbocycles. The van der Waals surface area contributed by atoms with Crippen LogP contribution < -0.4 is 5.32 Å². The number of thioether (sulfide) groups is 1. The minimum atomic E-state index is -0.424. The van der Waals surface area contributed by atoms with Gasteiger partial charge in [-0.1, -0.05) is 65.5 Å². The van der Waals surface area contributed by atoms with Crippen LogP contribution in [0.2, 0.25) is 15.1 Å². The first kappa shape index (κ1) is 22.7. The fourth-order valence-corrected chi connectivity index (χ4v) is 5.14. The molecule has 1 amide bonds. The van der Waals surface area contributed by atoms with Crippen molar-refractivity contribution in [2.45, 2.75) is 44.2 Å². The third-order valence-corrected chi connectivity index (χ3v) is 7.35. The first-order valence-electron chi connectivity index (χ1n) is 10.3. The van der Waals surface area contributed by atoms with Crippen molar-refractivity contribution in [3.63, 3.8) is 0 Å². The van der Waals surface area contributed by atoms with Crippen LogP contribution in [0, 0.1) is 0 Å². The molecule has 0 aromatic heterocycles. The van der Waals surface area contributed by atoms with E-state index in [-0.39, 0.29) is 11.7 Å². The summed E-state index contributed by atoms with van der Waals surface area (Å²) in [6, 6.07) is 12.6. The number of carbonyl (C=O) groups excluding carboxylic acids is 1. The smallest absolute Gasteiger partial charge is 0.234 e. The zero-order chi connectivity index (χ0) is 21.8. The highest BCUT2D eigenvalue weighted by atomic mass is 35.5. The maximum Gasteiger partial charge on any atom is 0.234 e. The van der Waals surface area contributed by atoms with Gasteiger partial charge in [-0.2, -0.15) is 0 Å².